The summed E-state index contributed by atoms with van der Waals surface area (Å²) in [6, 6.07) is -0.883. The number of carboxylic acids is 2. The lowest BCUT2D eigenvalue weighted by molar-refractivity contribution is -0.143. The first kappa shape index (κ1) is 60.7. The summed E-state index contributed by atoms with van der Waals surface area (Å²) in [6.45, 7) is 8.24. The Balaban J connectivity index is 3.57. The Morgan fingerprint density at radius 3 is 1.44 bits per heavy atom. The Bertz CT molecular complexity index is 1250. The second kappa shape index (κ2) is 44.9. The van der Waals surface area contributed by atoms with E-state index in [1.807, 2.05) is 0 Å². The maximum atomic E-state index is 12.3. The van der Waals surface area contributed by atoms with Gasteiger partial charge >= 0.3 is 11.9 Å². The minimum atomic E-state index is -1.14. The zero-order valence-electron chi connectivity index (χ0n) is 39.0. The molecule has 64 heavy (non-hydrogen) atoms. The van der Waals surface area contributed by atoms with Crippen molar-refractivity contribution in [2.45, 2.75) is 167 Å². The summed E-state index contributed by atoms with van der Waals surface area (Å²) >= 11 is 3.05. The first-order valence-corrected chi connectivity index (χ1v) is 24.9. The summed E-state index contributed by atoms with van der Waals surface area (Å²) in [5.74, 6) is -2.86. The van der Waals surface area contributed by atoms with Crippen molar-refractivity contribution < 1.29 is 57.9 Å². The van der Waals surface area contributed by atoms with Crippen molar-refractivity contribution in [2.24, 2.45) is 0 Å². The summed E-state index contributed by atoms with van der Waals surface area (Å²) in [4.78, 5) is 69.4. The number of carbonyl (C=O) groups excluding carboxylic acids is 4. The molecule has 0 radical (unpaired) electrons. The molecule has 0 aliphatic rings. The standard InChI is InChI=1S/C46H84BrN5O12/c1-38(21-17-15-13-11-9-7-5-3-4-6-8-10-12-14-16-18-23-45(57)58)51-39(2)24-25-41(53)49-27-29-61-31-33-63-36-43(55)50-28-30-62-32-34-64-37-44(56)52-40(46(59)60)22-19-20-26-48-42(54)35-47/h39-40,51H,1,3-37H2,2H3,(H,48,54)(H,49,53)(H,50,55)(H,52,56)(H,57,58)(H,59,60)/t39-,40+/m1/s1. The quantitative estimate of drug-likeness (QED) is 0.0278. The highest BCUT2D eigenvalue weighted by Gasteiger charge is 2.19. The van der Waals surface area contributed by atoms with Crippen LogP contribution in [-0.2, 0) is 47.7 Å². The molecule has 0 saturated carbocycles. The van der Waals surface area contributed by atoms with Crippen LogP contribution in [0.3, 0.4) is 0 Å². The second-order valence-corrected chi connectivity index (χ2v) is 16.8. The van der Waals surface area contributed by atoms with Crippen LogP contribution in [0.25, 0.3) is 0 Å². The topological polar surface area (TPSA) is 240 Å². The molecule has 372 valence electrons. The molecule has 0 saturated heterocycles. The van der Waals surface area contributed by atoms with Gasteiger partial charge < -0.3 is 55.7 Å². The van der Waals surface area contributed by atoms with Crippen LogP contribution in [0, 0.1) is 0 Å². The highest BCUT2D eigenvalue weighted by molar-refractivity contribution is 9.09. The Morgan fingerprint density at radius 2 is 0.938 bits per heavy atom. The molecular formula is C46H84BrN5O12. The number of hydrogen-bond donors (Lipinski definition) is 7. The monoisotopic (exact) mass is 978 g/mol. The van der Waals surface area contributed by atoms with Crippen LogP contribution >= 0.6 is 15.9 Å². The van der Waals surface area contributed by atoms with Crippen molar-refractivity contribution >= 4 is 51.5 Å². The van der Waals surface area contributed by atoms with Crippen molar-refractivity contribution in [1.82, 2.24) is 26.6 Å². The van der Waals surface area contributed by atoms with Gasteiger partial charge in [-0.1, -0.05) is 112 Å². The van der Waals surface area contributed by atoms with Crippen molar-refractivity contribution in [1.29, 1.82) is 0 Å². The van der Waals surface area contributed by atoms with E-state index >= 15 is 0 Å². The number of carbonyl (C=O) groups is 6. The van der Waals surface area contributed by atoms with Gasteiger partial charge in [-0.2, -0.15) is 0 Å². The lowest BCUT2D eigenvalue weighted by Gasteiger charge is -2.17. The van der Waals surface area contributed by atoms with E-state index in [9.17, 15) is 33.9 Å². The zero-order valence-corrected chi connectivity index (χ0v) is 40.6. The van der Waals surface area contributed by atoms with Gasteiger partial charge in [-0.05, 0) is 51.9 Å². The molecule has 4 amide bonds. The summed E-state index contributed by atoms with van der Waals surface area (Å²) in [5.41, 5.74) is 1.03. The number of carboxylic acid groups (broad SMARTS) is 2. The fourth-order valence-corrected chi connectivity index (χ4v) is 6.80. The van der Waals surface area contributed by atoms with Gasteiger partial charge in [0, 0.05) is 44.2 Å². The Morgan fingerprint density at radius 1 is 0.484 bits per heavy atom. The summed E-state index contributed by atoms with van der Waals surface area (Å²) in [5, 5.41) is 32.3. The molecule has 7 N–H and O–H groups in total. The van der Waals surface area contributed by atoms with Crippen LogP contribution in [0.5, 0.6) is 0 Å². The number of amides is 4. The van der Waals surface area contributed by atoms with Crippen LogP contribution in [0.2, 0.25) is 0 Å². The van der Waals surface area contributed by atoms with E-state index < -0.39 is 23.9 Å². The molecule has 0 aromatic carbocycles. The number of ether oxygens (including phenoxy) is 4. The molecule has 0 unspecified atom stereocenters. The molecule has 0 heterocycles. The minimum Gasteiger partial charge on any atom is -0.481 e. The van der Waals surface area contributed by atoms with Gasteiger partial charge in [-0.3, -0.25) is 24.0 Å². The first-order chi connectivity index (χ1) is 30.9. The fraction of sp³-hybridized carbons (Fsp3) is 0.826. The average molecular weight is 979 g/mol. The molecule has 0 spiro atoms. The van der Waals surface area contributed by atoms with Crippen LogP contribution in [-0.4, -0.2) is 136 Å². The molecule has 0 aromatic rings. The van der Waals surface area contributed by atoms with Gasteiger partial charge in [0.25, 0.3) is 0 Å². The van der Waals surface area contributed by atoms with E-state index in [1.165, 1.54) is 77.0 Å². The maximum Gasteiger partial charge on any atom is 0.326 e. The summed E-state index contributed by atoms with van der Waals surface area (Å²) < 4.78 is 21.4. The largest absolute Gasteiger partial charge is 0.481 e. The molecule has 2 atom stereocenters. The number of nitrogens with one attached hydrogen (secondary N) is 5. The highest BCUT2D eigenvalue weighted by atomic mass is 79.9. The third-order valence-corrected chi connectivity index (χ3v) is 10.7. The predicted octanol–water partition coefficient (Wildman–Crippen LogP) is 5.91. The maximum absolute atomic E-state index is 12.3. The lowest BCUT2D eigenvalue weighted by Crippen LogP contribution is -2.42. The molecule has 0 aromatic heterocycles. The van der Waals surface area contributed by atoms with Crippen LogP contribution < -0.4 is 26.6 Å². The lowest BCUT2D eigenvalue weighted by atomic mass is 10.0. The highest BCUT2D eigenvalue weighted by Crippen LogP contribution is 2.15. The molecule has 0 aliphatic heterocycles. The Kier molecular flexibility index (Phi) is 42.5. The zero-order chi connectivity index (χ0) is 47.3. The molecule has 0 fully saturated rings. The number of unbranched alkanes of at least 4 members (excludes halogenated alkanes) is 16. The van der Waals surface area contributed by atoms with Gasteiger partial charge in [0.2, 0.25) is 23.6 Å². The van der Waals surface area contributed by atoms with Crippen molar-refractivity contribution in [3.8, 4) is 0 Å². The van der Waals surface area contributed by atoms with Gasteiger partial charge in [0.15, 0.2) is 0 Å². The molecule has 0 rings (SSSR count). The van der Waals surface area contributed by atoms with Crippen LogP contribution in [0.15, 0.2) is 12.3 Å². The molecule has 18 heteroatoms. The Labute approximate surface area is 391 Å². The number of hydrogen-bond acceptors (Lipinski definition) is 11. The molecule has 0 bridgehead atoms. The van der Waals surface area contributed by atoms with Crippen molar-refractivity contribution in [2.75, 3.05) is 77.8 Å². The number of halogens is 1. The normalized spacial score (nSPS) is 12.0. The fourth-order valence-electron chi connectivity index (χ4n) is 6.61. The van der Waals surface area contributed by atoms with E-state index in [-0.39, 0.29) is 88.3 Å². The SMILES string of the molecule is C=C(CCCCCCCCCCCCCCCCCCC(=O)O)N[C@H](C)CCC(=O)NCCOCCOCC(=O)NCCOCCOCC(=O)N[C@@H](CCCCNC(=O)CBr)C(=O)O. The first-order valence-electron chi connectivity index (χ1n) is 23.8. The van der Waals surface area contributed by atoms with E-state index in [1.54, 1.807) is 0 Å². The minimum absolute atomic E-state index is 0.0298. The molecule has 17 nitrogen and oxygen atoms in total. The molecule has 0 aliphatic carbocycles. The third-order valence-electron chi connectivity index (χ3n) is 10.2. The van der Waals surface area contributed by atoms with E-state index in [2.05, 4.69) is 56.0 Å². The van der Waals surface area contributed by atoms with Gasteiger partial charge in [0.05, 0.1) is 45.0 Å². The van der Waals surface area contributed by atoms with Gasteiger partial charge in [-0.15, -0.1) is 0 Å². The number of rotatable bonds is 48. The number of alkyl halides is 1. The van der Waals surface area contributed by atoms with Crippen LogP contribution in [0.1, 0.15) is 155 Å². The third kappa shape index (κ3) is 43.9. The van der Waals surface area contributed by atoms with Gasteiger partial charge in [0.1, 0.15) is 19.3 Å². The second-order valence-electron chi connectivity index (χ2n) is 16.2. The number of aliphatic carboxylic acids is 2. The predicted molar refractivity (Wildman–Crippen MR) is 251 cm³/mol. The van der Waals surface area contributed by atoms with E-state index in [0.717, 1.165) is 37.8 Å². The van der Waals surface area contributed by atoms with Crippen molar-refractivity contribution in [3.05, 3.63) is 12.3 Å². The Hall–Kier alpha value is -3.32. The summed E-state index contributed by atoms with van der Waals surface area (Å²) in [7, 11) is 0. The smallest absolute Gasteiger partial charge is 0.326 e. The van der Waals surface area contributed by atoms with E-state index in [0.29, 0.717) is 51.8 Å². The van der Waals surface area contributed by atoms with Gasteiger partial charge in [-0.25, -0.2) is 4.79 Å². The number of allylic oxidation sites excluding steroid dienone is 1. The summed E-state index contributed by atoms with van der Waals surface area (Å²) in [6.07, 6.45) is 23.4. The average Bonchev–Trinajstić information content (AvgIpc) is 3.26. The van der Waals surface area contributed by atoms with E-state index in [4.69, 9.17) is 24.1 Å². The van der Waals surface area contributed by atoms with Crippen molar-refractivity contribution in [3.63, 3.8) is 0 Å². The van der Waals surface area contributed by atoms with Crippen LogP contribution in [0.4, 0.5) is 0 Å². The molecular weight excluding hydrogens is 894 g/mol.